The fraction of sp³-hybridized carbons (Fsp3) is 1.00. The quantitative estimate of drug-likeness (QED) is 0.496. The minimum Gasteiger partial charge on any atom is -0.371 e. The molecule has 11 heavy (non-hydrogen) atoms. The molecule has 0 aliphatic heterocycles. The molecular formula is C5H13NO4S. The summed E-state index contributed by atoms with van der Waals surface area (Å²) in [4.78, 5) is -2.22. The molecule has 0 saturated carbocycles. The Morgan fingerprint density at radius 2 is 1.91 bits per heavy atom. The predicted molar refractivity (Wildman–Crippen MR) is 40.4 cm³/mol. The summed E-state index contributed by atoms with van der Waals surface area (Å²) in [6.07, 6.45) is 0. The maximum absolute atomic E-state index is 10.6. The Kier molecular flexibility index (Phi) is 3.01. The number of hydrogen-bond donors (Lipinski definition) is 3. The van der Waals surface area contributed by atoms with Gasteiger partial charge in [-0.3, -0.25) is 4.55 Å². The number of aliphatic hydroxyl groups is 1. The van der Waals surface area contributed by atoms with Gasteiger partial charge in [0.15, 0.2) is 0 Å². The molecule has 0 radical (unpaired) electrons. The standard InChI is InChI=1S/C5H13NO4S/c1-4(2)5(7,3-6)11(8,9)10/h4,7H,3,6H2,1-2H3,(H,8,9,10). The topological polar surface area (TPSA) is 101 Å². The van der Waals surface area contributed by atoms with Crippen LogP contribution in [0, 0.1) is 5.92 Å². The molecule has 0 aliphatic carbocycles. The molecule has 0 aromatic heterocycles. The van der Waals surface area contributed by atoms with E-state index in [9.17, 15) is 13.5 Å². The third-order valence-electron chi connectivity index (χ3n) is 1.64. The van der Waals surface area contributed by atoms with Crippen molar-refractivity contribution < 1.29 is 18.1 Å². The van der Waals surface area contributed by atoms with Crippen LogP contribution in [0.5, 0.6) is 0 Å². The van der Waals surface area contributed by atoms with Crippen LogP contribution in [0.3, 0.4) is 0 Å². The lowest BCUT2D eigenvalue weighted by Crippen LogP contribution is -2.49. The van der Waals surface area contributed by atoms with E-state index >= 15 is 0 Å². The van der Waals surface area contributed by atoms with E-state index in [2.05, 4.69) is 0 Å². The minimum absolute atomic E-state index is 0.510. The summed E-state index contributed by atoms with van der Waals surface area (Å²) in [5, 5.41) is 9.27. The Morgan fingerprint density at radius 1 is 1.55 bits per heavy atom. The van der Waals surface area contributed by atoms with Gasteiger partial charge in [0.1, 0.15) is 0 Å². The normalized spacial score (nSPS) is 18.4. The van der Waals surface area contributed by atoms with Gasteiger partial charge in [0, 0.05) is 12.5 Å². The molecule has 0 aromatic rings. The second-order valence-corrected chi connectivity index (χ2v) is 4.34. The molecule has 0 aromatic carbocycles. The Hall–Kier alpha value is -0.170. The SMILES string of the molecule is CC(C)C(O)(CN)S(=O)(=O)O. The fourth-order valence-electron chi connectivity index (χ4n) is 0.639. The Labute approximate surface area is 66.0 Å². The molecule has 6 heteroatoms. The fourth-order valence-corrected chi connectivity index (χ4v) is 1.45. The van der Waals surface area contributed by atoms with Gasteiger partial charge in [-0.15, -0.1) is 0 Å². The second kappa shape index (κ2) is 3.06. The van der Waals surface area contributed by atoms with Crippen LogP contribution < -0.4 is 5.73 Å². The van der Waals surface area contributed by atoms with Gasteiger partial charge in [0.2, 0.25) is 4.93 Å². The molecule has 0 aliphatic rings. The number of hydrogen-bond acceptors (Lipinski definition) is 4. The van der Waals surface area contributed by atoms with Gasteiger partial charge in [-0.25, -0.2) is 0 Å². The third-order valence-corrected chi connectivity index (χ3v) is 3.17. The first-order valence-electron chi connectivity index (χ1n) is 3.15. The van der Waals surface area contributed by atoms with Gasteiger partial charge >= 0.3 is 0 Å². The molecule has 5 nitrogen and oxygen atoms in total. The molecule has 1 unspecified atom stereocenters. The first-order chi connectivity index (χ1) is 4.75. The van der Waals surface area contributed by atoms with E-state index in [-0.39, 0.29) is 0 Å². The Bertz CT molecular complexity index is 223. The van der Waals surface area contributed by atoms with E-state index in [0.29, 0.717) is 0 Å². The van der Waals surface area contributed by atoms with E-state index in [1.807, 2.05) is 0 Å². The molecule has 0 spiro atoms. The highest BCUT2D eigenvalue weighted by Crippen LogP contribution is 2.21. The van der Waals surface area contributed by atoms with Crippen LogP contribution in [0.4, 0.5) is 0 Å². The molecule has 0 fully saturated rings. The maximum atomic E-state index is 10.6. The van der Waals surface area contributed by atoms with E-state index in [1.54, 1.807) is 0 Å². The molecule has 0 bridgehead atoms. The van der Waals surface area contributed by atoms with Crippen LogP contribution in [-0.2, 0) is 10.1 Å². The van der Waals surface area contributed by atoms with Crippen molar-refractivity contribution in [1.29, 1.82) is 0 Å². The van der Waals surface area contributed by atoms with E-state index in [4.69, 9.17) is 10.3 Å². The summed E-state index contributed by atoms with van der Waals surface area (Å²) in [6, 6.07) is 0. The van der Waals surface area contributed by atoms with E-state index in [0.717, 1.165) is 0 Å². The van der Waals surface area contributed by atoms with Crippen LogP contribution in [0.2, 0.25) is 0 Å². The molecular weight excluding hydrogens is 170 g/mol. The average Bonchev–Trinajstić information content (AvgIpc) is 1.83. The zero-order chi connectivity index (χ0) is 9.28. The van der Waals surface area contributed by atoms with Gasteiger partial charge in [0.05, 0.1) is 0 Å². The Morgan fingerprint density at radius 3 is 1.91 bits per heavy atom. The summed E-state index contributed by atoms with van der Waals surface area (Å²) >= 11 is 0. The van der Waals surface area contributed by atoms with Crippen molar-refractivity contribution in [2.24, 2.45) is 11.7 Å². The first kappa shape index (κ1) is 10.8. The average molecular weight is 183 g/mol. The number of nitrogens with two attached hydrogens (primary N) is 1. The monoisotopic (exact) mass is 183 g/mol. The zero-order valence-electron chi connectivity index (χ0n) is 6.48. The van der Waals surface area contributed by atoms with Crippen molar-refractivity contribution in [3.8, 4) is 0 Å². The van der Waals surface area contributed by atoms with E-state index < -0.39 is 27.5 Å². The highest BCUT2D eigenvalue weighted by Gasteiger charge is 2.42. The van der Waals surface area contributed by atoms with Crippen molar-refractivity contribution in [2.45, 2.75) is 18.8 Å². The first-order valence-corrected chi connectivity index (χ1v) is 4.59. The molecule has 4 N–H and O–H groups in total. The summed E-state index contributed by atoms with van der Waals surface area (Å²) in [5.41, 5.74) is 5.00. The molecule has 1 atom stereocenters. The molecule has 0 amide bonds. The van der Waals surface area contributed by atoms with Crippen molar-refractivity contribution in [3.05, 3.63) is 0 Å². The predicted octanol–water partition coefficient (Wildman–Crippen LogP) is -0.822. The summed E-state index contributed by atoms with van der Waals surface area (Å²) in [5.74, 6) is -0.637. The molecule has 0 saturated heterocycles. The van der Waals surface area contributed by atoms with Crippen molar-refractivity contribution >= 4 is 10.1 Å². The number of rotatable bonds is 3. The summed E-state index contributed by atoms with van der Waals surface area (Å²) < 4.78 is 29.7. The molecule has 0 heterocycles. The third kappa shape index (κ3) is 1.90. The van der Waals surface area contributed by atoms with Crippen LogP contribution in [-0.4, -0.2) is 29.6 Å². The maximum Gasteiger partial charge on any atom is 0.296 e. The Balaban J connectivity index is 4.92. The lowest BCUT2D eigenvalue weighted by atomic mass is 10.1. The van der Waals surface area contributed by atoms with Crippen molar-refractivity contribution in [3.63, 3.8) is 0 Å². The lowest BCUT2D eigenvalue weighted by Gasteiger charge is -2.26. The van der Waals surface area contributed by atoms with Gasteiger partial charge in [0.25, 0.3) is 10.1 Å². The van der Waals surface area contributed by atoms with Gasteiger partial charge in [-0.05, 0) is 0 Å². The molecule has 68 valence electrons. The highest BCUT2D eigenvalue weighted by molar-refractivity contribution is 7.87. The second-order valence-electron chi connectivity index (χ2n) is 2.68. The van der Waals surface area contributed by atoms with E-state index in [1.165, 1.54) is 13.8 Å². The van der Waals surface area contributed by atoms with Crippen molar-refractivity contribution in [2.75, 3.05) is 6.54 Å². The minimum atomic E-state index is -4.48. The van der Waals surface area contributed by atoms with Crippen LogP contribution in [0.1, 0.15) is 13.8 Å². The van der Waals surface area contributed by atoms with Gasteiger partial charge in [-0.1, -0.05) is 13.8 Å². The highest BCUT2D eigenvalue weighted by atomic mass is 32.2. The smallest absolute Gasteiger partial charge is 0.296 e. The van der Waals surface area contributed by atoms with Gasteiger partial charge in [-0.2, -0.15) is 8.42 Å². The lowest BCUT2D eigenvalue weighted by molar-refractivity contribution is 0.0751. The summed E-state index contributed by atoms with van der Waals surface area (Å²) in [7, 11) is -4.48. The summed E-state index contributed by atoms with van der Waals surface area (Å²) in [6.45, 7) is 2.41. The van der Waals surface area contributed by atoms with Crippen LogP contribution >= 0.6 is 0 Å². The largest absolute Gasteiger partial charge is 0.371 e. The molecule has 0 rings (SSSR count). The zero-order valence-corrected chi connectivity index (χ0v) is 7.30. The van der Waals surface area contributed by atoms with Crippen LogP contribution in [0.25, 0.3) is 0 Å². The van der Waals surface area contributed by atoms with Gasteiger partial charge < -0.3 is 10.8 Å². The van der Waals surface area contributed by atoms with Crippen molar-refractivity contribution in [1.82, 2.24) is 0 Å². The van der Waals surface area contributed by atoms with Crippen LogP contribution in [0.15, 0.2) is 0 Å².